The number of aliphatic hydroxyl groups is 2. The number of ether oxygens (including phenoxy) is 1. The molecule has 2 fully saturated rings. The van der Waals surface area contributed by atoms with Crippen molar-refractivity contribution < 1.29 is 24.9 Å². The highest BCUT2D eigenvalue weighted by Gasteiger charge is 2.36. The van der Waals surface area contributed by atoms with Crippen LogP contribution in [0.1, 0.15) is 37.3 Å². The average Bonchev–Trinajstić information content (AvgIpc) is 3.27. The van der Waals surface area contributed by atoms with Crippen LogP contribution in [0.2, 0.25) is 0 Å². The van der Waals surface area contributed by atoms with Crippen LogP contribution in [0.15, 0.2) is 54.6 Å². The van der Waals surface area contributed by atoms with Crippen LogP contribution in [-0.4, -0.2) is 50.2 Å². The summed E-state index contributed by atoms with van der Waals surface area (Å²) < 4.78 is 6.04. The van der Waals surface area contributed by atoms with Crippen LogP contribution in [0.4, 0.5) is 5.69 Å². The molecule has 0 radical (unpaired) electrons. The summed E-state index contributed by atoms with van der Waals surface area (Å²) in [4.78, 5) is 19.8. The van der Waals surface area contributed by atoms with Crippen molar-refractivity contribution in [2.75, 3.05) is 23.7 Å². The number of rotatable bonds is 6. The molecular weight excluding hydrogens is 484 g/mol. The van der Waals surface area contributed by atoms with Gasteiger partial charge in [-0.05, 0) is 42.7 Å². The Balaban J connectivity index is 1.48. The van der Waals surface area contributed by atoms with Crippen LogP contribution >= 0.6 is 23.1 Å². The van der Waals surface area contributed by atoms with Gasteiger partial charge in [0, 0.05) is 23.9 Å². The van der Waals surface area contributed by atoms with Crippen molar-refractivity contribution in [2.45, 2.75) is 36.7 Å². The van der Waals surface area contributed by atoms with Crippen LogP contribution in [-0.2, 0) is 4.79 Å². The lowest BCUT2D eigenvalue weighted by molar-refractivity contribution is -0.143. The highest BCUT2D eigenvalue weighted by atomic mass is 32.2. The first kappa shape index (κ1) is 24.1. The van der Waals surface area contributed by atoms with Gasteiger partial charge in [-0.2, -0.15) is 0 Å². The molecule has 1 saturated carbocycles. The first-order valence-electron chi connectivity index (χ1n) is 11.8. The second-order valence-corrected chi connectivity index (χ2v) is 11.3. The molecule has 2 heterocycles. The van der Waals surface area contributed by atoms with Crippen molar-refractivity contribution in [3.63, 3.8) is 0 Å². The Labute approximate surface area is 212 Å². The number of anilines is 1. The Bertz CT molecular complexity index is 1170. The number of β-amino-alcohol motifs (C(OH)–C–C–N with tert-alkyl or cyclic N) is 2. The maximum Gasteiger partial charge on any atom is 0.307 e. The van der Waals surface area contributed by atoms with Crippen molar-refractivity contribution in [3.05, 3.63) is 60.3 Å². The molecule has 3 N–H and O–H groups in total. The number of nitrogens with zero attached hydrogens (tertiary/aromatic N) is 2. The third kappa shape index (κ3) is 5.48. The van der Waals surface area contributed by atoms with E-state index in [2.05, 4.69) is 0 Å². The van der Waals surface area contributed by atoms with Crippen LogP contribution in [0.5, 0.6) is 10.9 Å². The van der Waals surface area contributed by atoms with Gasteiger partial charge in [0.05, 0.1) is 23.0 Å². The number of hydrogen-bond donors (Lipinski definition) is 3. The summed E-state index contributed by atoms with van der Waals surface area (Å²) in [6.45, 7) is 0.871. The summed E-state index contributed by atoms with van der Waals surface area (Å²) in [6, 6.07) is 17.4. The fourth-order valence-electron chi connectivity index (χ4n) is 4.89. The van der Waals surface area contributed by atoms with Crippen LogP contribution in [0, 0.1) is 5.92 Å². The van der Waals surface area contributed by atoms with Gasteiger partial charge in [-0.25, -0.2) is 4.98 Å². The van der Waals surface area contributed by atoms with Gasteiger partial charge in [-0.3, -0.25) is 4.79 Å². The Morgan fingerprint density at radius 3 is 2.51 bits per heavy atom. The van der Waals surface area contributed by atoms with Gasteiger partial charge < -0.3 is 25.0 Å². The van der Waals surface area contributed by atoms with Crippen LogP contribution < -0.4 is 9.64 Å². The zero-order valence-corrected chi connectivity index (χ0v) is 20.8. The van der Waals surface area contributed by atoms with Gasteiger partial charge in [-0.1, -0.05) is 66.3 Å². The van der Waals surface area contributed by atoms with E-state index in [1.165, 1.54) is 11.3 Å². The van der Waals surface area contributed by atoms with Crippen molar-refractivity contribution in [1.29, 1.82) is 0 Å². The molecule has 5 rings (SSSR count). The molecule has 0 bridgehead atoms. The van der Waals surface area contributed by atoms with E-state index in [1.807, 2.05) is 59.5 Å². The number of carboxylic acid groups (broad SMARTS) is 1. The molecule has 3 aromatic rings. The maximum atomic E-state index is 12.1. The molecule has 0 spiro atoms. The monoisotopic (exact) mass is 512 g/mol. The van der Waals surface area contributed by atoms with E-state index in [0.717, 1.165) is 59.4 Å². The minimum atomic E-state index is -1.75. The topological polar surface area (TPSA) is 103 Å². The maximum absolute atomic E-state index is 12.1. The number of para-hydroxylation sites is 1. The van der Waals surface area contributed by atoms with E-state index in [1.54, 1.807) is 0 Å². The molecule has 2 aromatic carbocycles. The Morgan fingerprint density at radius 2 is 1.80 bits per heavy atom. The summed E-state index contributed by atoms with van der Waals surface area (Å²) >= 11 is 2.58. The second kappa shape index (κ2) is 10.2. The highest BCUT2D eigenvalue weighted by molar-refractivity contribution is 8.00. The standard InChI is InChI=1S/C26H28N2O5S2/c29-24(30)21-9-5-4-8-20(21)22-23(35-25(27-22)33-19-6-2-1-3-7-19)17-10-12-18(13-11-17)28-14-15-34-26(31,32)16-28/h1-3,6-7,10-13,20-21,31-32H,4-5,8-9,14-16H2,(H,29,30). The molecule has 1 aliphatic carbocycles. The lowest BCUT2D eigenvalue weighted by atomic mass is 9.77. The second-order valence-electron chi connectivity index (χ2n) is 9.00. The normalized spacial score (nSPS) is 22.1. The lowest BCUT2D eigenvalue weighted by Gasteiger charge is -2.36. The number of carboxylic acids is 1. The third-order valence-electron chi connectivity index (χ3n) is 6.60. The minimum absolute atomic E-state index is 0.139. The summed E-state index contributed by atoms with van der Waals surface area (Å²) in [5.41, 5.74) is 2.65. The summed E-state index contributed by atoms with van der Waals surface area (Å²) in [7, 11) is 0. The Hall–Kier alpha value is -2.59. The third-order valence-corrected chi connectivity index (χ3v) is 8.58. The molecule has 2 unspecified atom stereocenters. The number of carbonyl (C=O) groups is 1. The summed E-state index contributed by atoms with van der Waals surface area (Å²) in [6.07, 6.45) is 3.34. The molecule has 2 aliphatic rings. The SMILES string of the molecule is O=C(O)C1CCCCC1c1nc(Oc2ccccc2)sc1-c1ccc(N2CCSC(O)(O)C2)cc1. The molecular formula is C26H28N2O5S2. The number of hydrogen-bond acceptors (Lipinski definition) is 8. The number of thioether (sulfide) groups is 1. The first-order chi connectivity index (χ1) is 16.9. The smallest absolute Gasteiger partial charge is 0.307 e. The summed E-state index contributed by atoms with van der Waals surface area (Å²) in [5.74, 6) is -0.0708. The molecule has 1 saturated heterocycles. The van der Waals surface area contributed by atoms with Gasteiger partial charge in [0.2, 0.25) is 5.12 Å². The van der Waals surface area contributed by atoms with Crippen molar-refractivity contribution in [3.8, 4) is 21.4 Å². The Morgan fingerprint density at radius 1 is 1.06 bits per heavy atom. The molecule has 0 amide bonds. The quantitative estimate of drug-likeness (QED) is 0.390. The average molecular weight is 513 g/mol. The predicted molar refractivity (Wildman–Crippen MR) is 138 cm³/mol. The summed E-state index contributed by atoms with van der Waals surface area (Å²) in [5, 5.41) is 28.7. The molecule has 9 heteroatoms. The van der Waals surface area contributed by atoms with E-state index in [-0.39, 0.29) is 12.5 Å². The fourth-order valence-corrected chi connectivity index (χ4v) is 6.79. The van der Waals surface area contributed by atoms with Crippen molar-refractivity contribution >= 4 is 34.8 Å². The van der Waals surface area contributed by atoms with Gasteiger partial charge >= 0.3 is 5.97 Å². The van der Waals surface area contributed by atoms with E-state index in [4.69, 9.17) is 9.72 Å². The molecule has 1 aliphatic heterocycles. The lowest BCUT2D eigenvalue weighted by Crippen LogP contribution is -2.46. The zero-order chi connectivity index (χ0) is 24.4. The van der Waals surface area contributed by atoms with E-state index < -0.39 is 17.0 Å². The van der Waals surface area contributed by atoms with Gasteiger partial charge in [0.15, 0.2) is 0 Å². The van der Waals surface area contributed by atoms with Crippen molar-refractivity contribution in [1.82, 2.24) is 4.98 Å². The van der Waals surface area contributed by atoms with E-state index in [9.17, 15) is 20.1 Å². The zero-order valence-electron chi connectivity index (χ0n) is 19.2. The highest BCUT2D eigenvalue weighted by Crippen LogP contribution is 2.46. The minimum Gasteiger partial charge on any atom is -0.481 e. The molecule has 184 valence electrons. The van der Waals surface area contributed by atoms with E-state index >= 15 is 0 Å². The number of aromatic nitrogens is 1. The van der Waals surface area contributed by atoms with Crippen molar-refractivity contribution in [2.24, 2.45) is 5.92 Å². The fraction of sp³-hybridized carbons (Fsp3) is 0.385. The molecule has 1 aromatic heterocycles. The van der Waals surface area contributed by atoms with Gasteiger partial charge in [0.25, 0.3) is 5.19 Å². The number of benzene rings is 2. The number of thiazole rings is 1. The number of aliphatic carboxylic acids is 1. The molecule has 7 nitrogen and oxygen atoms in total. The van der Waals surface area contributed by atoms with Crippen LogP contribution in [0.3, 0.4) is 0 Å². The van der Waals surface area contributed by atoms with Gasteiger partial charge in [-0.15, -0.1) is 0 Å². The first-order valence-corrected chi connectivity index (χ1v) is 13.6. The van der Waals surface area contributed by atoms with Gasteiger partial charge in [0.1, 0.15) is 5.75 Å². The van der Waals surface area contributed by atoms with E-state index in [0.29, 0.717) is 23.1 Å². The molecule has 35 heavy (non-hydrogen) atoms. The molecule has 2 atom stereocenters. The van der Waals surface area contributed by atoms with Crippen LogP contribution in [0.25, 0.3) is 10.4 Å². The predicted octanol–water partition coefficient (Wildman–Crippen LogP) is 5.15. The Kier molecular flexibility index (Phi) is 7.02. The largest absolute Gasteiger partial charge is 0.481 e.